The molecule has 1 aromatic carbocycles. The van der Waals surface area contributed by atoms with Crippen LogP contribution in [0.1, 0.15) is 38.1 Å². The molecule has 1 rings (SSSR count). The van der Waals surface area contributed by atoms with Crippen molar-refractivity contribution in [3.05, 3.63) is 23.8 Å². The van der Waals surface area contributed by atoms with Crippen molar-refractivity contribution < 1.29 is 23.1 Å². The summed E-state index contributed by atoms with van der Waals surface area (Å²) in [6.45, 7) is 7.54. The SMILES string of the molecule is COC[C@H](C)NS(=O)(=O)c1ccc(NC(C)(C)C)c(C(=O)O)c1. The number of hydrogen-bond donors (Lipinski definition) is 3. The van der Waals surface area contributed by atoms with Gasteiger partial charge in [-0.2, -0.15) is 0 Å². The Hall–Kier alpha value is -1.64. The number of rotatable bonds is 7. The van der Waals surface area contributed by atoms with E-state index in [1.54, 1.807) is 6.92 Å². The molecule has 0 aliphatic carbocycles. The molecular formula is C15H24N2O5S. The van der Waals surface area contributed by atoms with Gasteiger partial charge in [-0.3, -0.25) is 0 Å². The van der Waals surface area contributed by atoms with Gasteiger partial charge in [0.15, 0.2) is 0 Å². The van der Waals surface area contributed by atoms with Gasteiger partial charge in [-0.15, -0.1) is 0 Å². The molecule has 0 unspecified atom stereocenters. The van der Waals surface area contributed by atoms with Gasteiger partial charge in [-0.1, -0.05) is 0 Å². The number of carboxylic acid groups (broad SMARTS) is 1. The van der Waals surface area contributed by atoms with Gasteiger partial charge in [0.05, 0.1) is 17.1 Å². The topological polar surface area (TPSA) is 105 Å². The quantitative estimate of drug-likeness (QED) is 0.698. The van der Waals surface area contributed by atoms with Gasteiger partial charge in [0.1, 0.15) is 0 Å². The van der Waals surface area contributed by atoms with Gasteiger partial charge in [-0.25, -0.2) is 17.9 Å². The van der Waals surface area contributed by atoms with Crippen molar-refractivity contribution in [2.24, 2.45) is 0 Å². The fourth-order valence-corrected chi connectivity index (χ4v) is 3.25. The Labute approximate surface area is 137 Å². The Morgan fingerprint density at radius 2 is 1.96 bits per heavy atom. The first kappa shape index (κ1) is 19.4. The molecule has 0 radical (unpaired) electrons. The minimum Gasteiger partial charge on any atom is -0.478 e. The Morgan fingerprint density at radius 3 is 2.43 bits per heavy atom. The van der Waals surface area contributed by atoms with E-state index in [1.807, 2.05) is 20.8 Å². The molecule has 0 spiro atoms. The molecule has 0 bridgehead atoms. The van der Waals surface area contributed by atoms with Crippen LogP contribution in [0.5, 0.6) is 0 Å². The van der Waals surface area contributed by atoms with Crippen molar-refractivity contribution in [3.8, 4) is 0 Å². The van der Waals surface area contributed by atoms with Crippen LogP contribution in [0.2, 0.25) is 0 Å². The number of anilines is 1. The summed E-state index contributed by atoms with van der Waals surface area (Å²) in [6, 6.07) is 3.57. The fourth-order valence-electron chi connectivity index (χ4n) is 2.00. The van der Waals surface area contributed by atoms with Gasteiger partial charge in [0.25, 0.3) is 0 Å². The molecular weight excluding hydrogens is 320 g/mol. The highest BCUT2D eigenvalue weighted by Crippen LogP contribution is 2.23. The Bertz CT molecular complexity index is 665. The summed E-state index contributed by atoms with van der Waals surface area (Å²) >= 11 is 0. The Morgan fingerprint density at radius 1 is 1.35 bits per heavy atom. The van der Waals surface area contributed by atoms with E-state index < -0.39 is 22.0 Å². The number of carboxylic acids is 1. The fraction of sp³-hybridized carbons (Fsp3) is 0.533. The highest BCUT2D eigenvalue weighted by atomic mass is 32.2. The smallest absolute Gasteiger partial charge is 0.337 e. The van der Waals surface area contributed by atoms with Crippen LogP contribution < -0.4 is 10.0 Å². The summed E-state index contributed by atoms with van der Waals surface area (Å²) in [5.41, 5.74) is -0.0772. The van der Waals surface area contributed by atoms with Crippen molar-refractivity contribution in [3.63, 3.8) is 0 Å². The largest absolute Gasteiger partial charge is 0.478 e. The van der Waals surface area contributed by atoms with Crippen LogP contribution in [0.3, 0.4) is 0 Å². The first-order chi connectivity index (χ1) is 10.5. The summed E-state index contributed by atoms with van der Waals surface area (Å²) < 4.78 is 31.9. The zero-order valence-electron chi connectivity index (χ0n) is 14.0. The summed E-state index contributed by atoms with van der Waals surface area (Å²) in [7, 11) is -2.35. The van der Waals surface area contributed by atoms with Crippen LogP contribution in [0.4, 0.5) is 5.69 Å². The number of sulfonamides is 1. The highest BCUT2D eigenvalue weighted by molar-refractivity contribution is 7.89. The predicted octanol–water partition coefficient (Wildman–Crippen LogP) is 1.91. The molecule has 1 atom stereocenters. The normalized spacial score (nSPS) is 13.6. The van der Waals surface area contributed by atoms with Crippen LogP contribution in [0, 0.1) is 0 Å². The second kappa shape index (κ2) is 7.29. The van der Waals surface area contributed by atoms with Crippen LogP contribution in [-0.4, -0.2) is 44.8 Å². The molecule has 8 heteroatoms. The second-order valence-electron chi connectivity index (χ2n) is 6.37. The van der Waals surface area contributed by atoms with Crippen LogP contribution >= 0.6 is 0 Å². The van der Waals surface area contributed by atoms with Crippen LogP contribution in [-0.2, 0) is 14.8 Å². The number of methoxy groups -OCH3 is 1. The number of hydrogen-bond acceptors (Lipinski definition) is 5. The van der Waals surface area contributed by atoms with E-state index in [4.69, 9.17) is 4.74 Å². The third-order valence-corrected chi connectivity index (χ3v) is 4.40. The lowest BCUT2D eigenvalue weighted by Gasteiger charge is -2.23. The van der Waals surface area contributed by atoms with Gasteiger partial charge < -0.3 is 15.2 Å². The summed E-state index contributed by atoms with van der Waals surface area (Å²) in [6.07, 6.45) is 0. The van der Waals surface area contributed by atoms with E-state index in [9.17, 15) is 18.3 Å². The Kier molecular flexibility index (Phi) is 6.15. The molecule has 23 heavy (non-hydrogen) atoms. The highest BCUT2D eigenvalue weighted by Gasteiger charge is 2.22. The maximum atomic E-state index is 12.3. The molecule has 0 aliphatic rings. The van der Waals surface area contributed by atoms with Crippen molar-refractivity contribution in [2.75, 3.05) is 19.0 Å². The molecule has 0 heterocycles. The number of carbonyl (C=O) groups is 1. The number of benzene rings is 1. The minimum atomic E-state index is -3.82. The molecule has 130 valence electrons. The minimum absolute atomic E-state index is 0.0952. The first-order valence-corrected chi connectivity index (χ1v) is 8.61. The average Bonchev–Trinajstić information content (AvgIpc) is 2.36. The summed E-state index contributed by atoms with van der Waals surface area (Å²) in [4.78, 5) is 11.3. The first-order valence-electron chi connectivity index (χ1n) is 7.13. The van der Waals surface area contributed by atoms with Crippen LogP contribution in [0.15, 0.2) is 23.1 Å². The van der Waals surface area contributed by atoms with Crippen LogP contribution in [0.25, 0.3) is 0 Å². The number of nitrogens with one attached hydrogen (secondary N) is 2. The zero-order chi connectivity index (χ0) is 17.8. The van der Waals surface area contributed by atoms with E-state index in [-0.39, 0.29) is 22.6 Å². The molecule has 0 fully saturated rings. The van der Waals surface area contributed by atoms with Crippen molar-refractivity contribution in [1.29, 1.82) is 0 Å². The molecule has 1 aromatic rings. The molecule has 0 saturated carbocycles. The molecule has 0 amide bonds. The summed E-state index contributed by atoms with van der Waals surface area (Å²) in [5, 5.41) is 12.4. The standard InChI is InChI=1S/C15H24N2O5S/c1-10(9-22-5)17-23(20,21)11-6-7-13(16-15(2,3)4)12(8-11)14(18)19/h6-8,10,16-17H,9H2,1-5H3,(H,18,19)/t10-/m0/s1. The molecule has 3 N–H and O–H groups in total. The second-order valence-corrected chi connectivity index (χ2v) is 8.08. The van der Waals surface area contributed by atoms with E-state index in [1.165, 1.54) is 19.2 Å². The van der Waals surface area contributed by atoms with Crippen molar-refractivity contribution in [2.45, 2.75) is 44.2 Å². The Balaban J connectivity index is 3.20. The molecule has 0 saturated heterocycles. The zero-order valence-corrected chi connectivity index (χ0v) is 14.8. The van der Waals surface area contributed by atoms with Crippen molar-refractivity contribution >= 4 is 21.7 Å². The monoisotopic (exact) mass is 344 g/mol. The number of ether oxygens (including phenoxy) is 1. The third kappa shape index (κ3) is 5.81. The maximum Gasteiger partial charge on any atom is 0.337 e. The average molecular weight is 344 g/mol. The lowest BCUT2D eigenvalue weighted by Crippen LogP contribution is -2.35. The molecule has 0 aliphatic heterocycles. The van der Waals surface area contributed by atoms with Gasteiger partial charge in [-0.05, 0) is 45.9 Å². The molecule has 7 nitrogen and oxygen atoms in total. The number of aromatic carboxylic acids is 1. The van der Waals surface area contributed by atoms with E-state index in [2.05, 4.69) is 10.0 Å². The van der Waals surface area contributed by atoms with E-state index >= 15 is 0 Å². The lowest BCUT2D eigenvalue weighted by molar-refractivity contribution is 0.0697. The van der Waals surface area contributed by atoms with E-state index in [0.29, 0.717) is 5.69 Å². The summed E-state index contributed by atoms with van der Waals surface area (Å²) in [5.74, 6) is -1.20. The van der Waals surface area contributed by atoms with Gasteiger partial charge in [0, 0.05) is 24.4 Å². The third-order valence-electron chi connectivity index (χ3n) is 2.81. The maximum absolute atomic E-state index is 12.3. The van der Waals surface area contributed by atoms with Crippen molar-refractivity contribution in [1.82, 2.24) is 4.72 Å². The molecule has 0 aromatic heterocycles. The predicted molar refractivity (Wildman–Crippen MR) is 88.4 cm³/mol. The van der Waals surface area contributed by atoms with Gasteiger partial charge in [0.2, 0.25) is 10.0 Å². The van der Waals surface area contributed by atoms with Gasteiger partial charge >= 0.3 is 5.97 Å². The lowest BCUT2D eigenvalue weighted by atomic mass is 10.1. The van der Waals surface area contributed by atoms with E-state index in [0.717, 1.165) is 6.07 Å².